The van der Waals surface area contributed by atoms with Crippen LogP contribution in [0.15, 0.2) is 41.2 Å². The fraction of sp³-hybridized carbons (Fsp3) is 0.538. The zero-order chi connectivity index (χ0) is 21.3. The summed E-state index contributed by atoms with van der Waals surface area (Å²) in [4.78, 5) is 26.5. The molecule has 0 fully saturated rings. The number of pyridine rings is 1. The summed E-state index contributed by atoms with van der Waals surface area (Å²) < 4.78 is 1.91. The van der Waals surface area contributed by atoms with E-state index in [2.05, 4.69) is 31.3 Å². The van der Waals surface area contributed by atoms with Gasteiger partial charge >= 0.3 is 0 Å². The molecule has 162 valence electrons. The quantitative estimate of drug-likeness (QED) is 0.664. The Kier molecular flexibility index (Phi) is 8.30. The summed E-state index contributed by atoms with van der Waals surface area (Å²) in [5, 5.41) is 3.14. The molecule has 1 aliphatic rings. The van der Waals surface area contributed by atoms with E-state index in [1.54, 1.807) is 0 Å². The maximum Gasteiger partial charge on any atom is 0.263 e. The van der Waals surface area contributed by atoms with Crippen LogP contribution in [0, 0.1) is 0 Å². The van der Waals surface area contributed by atoms with Gasteiger partial charge in [-0.1, -0.05) is 63.4 Å². The van der Waals surface area contributed by atoms with E-state index < -0.39 is 0 Å². The van der Waals surface area contributed by atoms with Crippen LogP contribution in [0.3, 0.4) is 0 Å². The lowest BCUT2D eigenvalue weighted by atomic mass is 9.95. The minimum Gasteiger partial charge on any atom is -0.349 e. The molecule has 1 atom stereocenters. The van der Waals surface area contributed by atoms with Gasteiger partial charge in [0.15, 0.2) is 0 Å². The first kappa shape index (κ1) is 22.3. The van der Waals surface area contributed by atoms with Crippen molar-refractivity contribution in [2.24, 2.45) is 0 Å². The largest absolute Gasteiger partial charge is 0.349 e. The Morgan fingerprint density at radius 1 is 1.07 bits per heavy atom. The Morgan fingerprint density at radius 3 is 2.50 bits per heavy atom. The molecular formula is C26H36N2O2. The van der Waals surface area contributed by atoms with Gasteiger partial charge in [-0.25, -0.2) is 0 Å². The second-order valence-corrected chi connectivity index (χ2v) is 8.52. The fourth-order valence-corrected chi connectivity index (χ4v) is 4.41. The average Bonchev–Trinajstić information content (AvgIpc) is 2.74. The Morgan fingerprint density at radius 2 is 1.80 bits per heavy atom. The molecule has 0 unspecified atom stereocenters. The molecule has 4 heteroatoms. The Balaban J connectivity index is 1.88. The van der Waals surface area contributed by atoms with Gasteiger partial charge < -0.3 is 9.88 Å². The molecule has 0 spiro atoms. The number of carbonyl (C=O) groups is 1. The van der Waals surface area contributed by atoms with E-state index in [9.17, 15) is 9.59 Å². The minimum atomic E-state index is -0.224. The molecule has 1 aromatic carbocycles. The van der Waals surface area contributed by atoms with Gasteiger partial charge in [0.2, 0.25) is 0 Å². The molecule has 0 bridgehead atoms. The summed E-state index contributed by atoms with van der Waals surface area (Å²) in [6.07, 6.45) is 10.2. The number of aryl methyl sites for hydroxylation is 1. The van der Waals surface area contributed by atoms with E-state index in [0.29, 0.717) is 12.1 Å². The Labute approximate surface area is 180 Å². The van der Waals surface area contributed by atoms with Crippen LogP contribution in [-0.2, 0) is 25.8 Å². The number of aromatic nitrogens is 1. The van der Waals surface area contributed by atoms with Gasteiger partial charge in [0.05, 0.1) is 0 Å². The van der Waals surface area contributed by atoms with Crippen molar-refractivity contribution in [3.05, 3.63) is 69.1 Å². The summed E-state index contributed by atoms with van der Waals surface area (Å²) in [5.74, 6) is -0.224. The van der Waals surface area contributed by atoms with E-state index in [-0.39, 0.29) is 17.5 Å². The first-order valence-electron chi connectivity index (χ1n) is 11.7. The van der Waals surface area contributed by atoms with E-state index >= 15 is 0 Å². The van der Waals surface area contributed by atoms with E-state index in [1.807, 2.05) is 28.8 Å². The van der Waals surface area contributed by atoms with Gasteiger partial charge in [-0.3, -0.25) is 9.59 Å². The van der Waals surface area contributed by atoms with Crippen molar-refractivity contribution in [2.75, 3.05) is 0 Å². The third kappa shape index (κ3) is 5.62. The lowest BCUT2D eigenvalue weighted by Crippen LogP contribution is -2.40. The molecule has 1 amide bonds. The molecule has 2 aromatic rings. The smallest absolute Gasteiger partial charge is 0.263 e. The molecule has 30 heavy (non-hydrogen) atoms. The van der Waals surface area contributed by atoms with Crippen molar-refractivity contribution in [1.29, 1.82) is 0 Å². The number of hydrogen-bond donors (Lipinski definition) is 1. The first-order chi connectivity index (χ1) is 14.6. The van der Waals surface area contributed by atoms with Crippen LogP contribution in [0.25, 0.3) is 0 Å². The molecule has 0 saturated carbocycles. The highest BCUT2D eigenvalue weighted by molar-refractivity contribution is 5.94. The van der Waals surface area contributed by atoms with Gasteiger partial charge in [0.25, 0.3) is 11.5 Å². The van der Waals surface area contributed by atoms with Gasteiger partial charge in [-0.05, 0) is 62.1 Å². The second kappa shape index (κ2) is 11.1. The summed E-state index contributed by atoms with van der Waals surface area (Å²) >= 11 is 0. The monoisotopic (exact) mass is 408 g/mol. The number of carbonyl (C=O) groups excluding carboxylic acids is 1. The van der Waals surface area contributed by atoms with Gasteiger partial charge in [0, 0.05) is 18.3 Å². The van der Waals surface area contributed by atoms with Crippen molar-refractivity contribution in [1.82, 2.24) is 9.88 Å². The second-order valence-electron chi connectivity index (χ2n) is 8.52. The molecule has 1 N–H and O–H groups in total. The van der Waals surface area contributed by atoms with Crippen LogP contribution >= 0.6 is 0 Å². The molecule has 1 aromatic heterocycles. The summed E-state index contributed by atoms with van der Waals surface area (Å²) in [7, 11) is 0. The summed E-state index contributed by atoms with van der Waals surface area (Å²) in [5.41, 5.74) is 3.77. The number of benzene rings is 1. The highest BCUT2D eigenvalue weighted by atomic mass is 16.2. The van der Waals surface area contributed by atoms with Crippen molar-refractivity contribution in [3.63, 3.8) is 0 Å². The SMILES string of the molecule is CCCCn1c2c(cc(C(=O)N[C@H](CC)Cc3ccccc3)c1=O)CCCCCC2. The molecule has 0 radical (unpaired) electrons. The van der Waals surface area contributed by atoms with E-state index in [1.165, 1.54) is 29.7 Å². The molecule has 1 aliphatic carbocycles. The first-order valence-corrected chi connectivity index (χ1v) is 11.7. The third-order valence-electron chi connectivity index (χ3n) is 6.23. The van der Waals surface area contributed by atoms with Crippen LogP contribution in [-0.4, -0.2) is 16.5 Å². The molecule has 1 heterocycles. The molecule has 0 aliphatic heterocycles. The van der Waals surface area contributed by atoms with E-state index in [4.69, 9.17) is 0 Å². The number of rotatable bonds is 8. The van der Waals surface area contributed by atoms with Crippen molar-refractivity contribution < 1.29 is 4.79 Å². The van der Waals surface area contributed by atoms with Gasteiger partial charge in [-0.2, -0.15) is 0 Å². The zero-order valence-corrected chi connectivity index (χ0v) is 18.6. The molecular weight excluding hydrogens is 372 g/mol. The molecule has 4 nitrogen and oxygen atoms in total. The number of fused-ring (bicyclic) bond motifs is 1. The van der Waals surface area contributed by atoms with Crippen LogP contribution in [0.2, 0.25) is 0 Å². The minimum absolute atomic E-state index is 0.0189. The predicted octanol–water partition coefficient (Wildman–Crippen LogP) is 5.06. The summed E-state index contributed by atoms with van der Waals surface area (Å²) in [6, 6.07) is 12.1. The van der Waals surface area contributed by atoms with Crippen LogP contribution in [0.1, 0.15) is 86.0 Å². The predicted molar refractivity (Wildman–Crippen MR) is 123 cm³/mol. The number of unbranched alkanes of at least 4 members (excludes halogenated alkanes) is 1. The number of nitrogens with one attached hydrogen (secondary N) is 1. The highest BCUT2D eigenvalue weighted by Crippen LogP contribution is 2.21. The van der Waals surface area contributed by atoms with Crippen molar-refractivity contribution in [2.45, 2.75) is 90.6 Å². The lowest BCUT2D eigenvalue weighted by molar-refractivity contribution is 0.0933. The van der Waals surface area contributed by atoms with Crippen molar-refractivity contribution in [3.8, 4) is 0 Å². The van der Waals surface area contributed by atoms with Gasteiger partial charge in [0.1, 0.15) is 5.56 Å². The number of hydrogen-bond acceptors (Lipinski definition) is 2. The zero-order valence-electron chi connectivity index (χ0n) is 18.6. The number of amides is 1. The van der Waals surface area contributed by atoms with Crippen LogP contribution in [0.4, 0.5) is 0 Å². The normalized spacial score (nSPS) is 15.0. The molecule has 3 rings (SSSR count). The van der Waals surface area contributed by atoms with Gasteiger partial charge in [-0.15, -0.1) is 0 Å². The van der Waals surface area contributed by atoms with Crippen LogP contribution in [0.5, 0.6) is 0 Å². The fourth-order valence-electron chi connectivity index (χ4n) is 4.41. The van der Waals surface area contributed by atoms with Crippen molar-refractivity contribution >= 4 is 5.91 Å². The summed E-state index contributed by atoms with van der Waals surface area (Å²) in [6.45, 7) is 4.93. The number of nitrogens with zero attached hydrogens (tertiary/aromatic N) is 1. The third-order valence-corrected chi connectivity index (χ3v) is 6.23. The highest BCUT2D eigenvalue weighted by Gasteiger charge is 2.21. The van der Waals surface area contributed by atoms with Crippen LogP contribution < -0.4 is 10.9 Å². The Hall–Kier alpha value is -2.36. The Bertz CT molecular complexity index is 886. The topological polar surface area (TPSA) is 51.1 Å². The lowest BCUT2D eigenvalue weighted by Gasteiger charge is -2.22. The van der Waals surface area contributed by atoms with E-state index in [0.717, 1.165) is 51.4 Å². The maximum atomic E-state index is 13.3. The maximum absolute atomic E-state index is 13.3. The standard InChI is InChI=1S/C26H36N2O2/c1-3-5-17-28-24-16-12-7-6-11-15-21(24)19-23(26(28)30)25(29)27-22(4-2)18-20-13-9-8-10-14-20/h8-10,13-14,19,22H,3-7,11-12,15-18H2,1-2H3,(H,27,29)/t22-/m1/s1. The molecule has 0 saturated heterocycles. The average molecular weight is 409 g/mol.